The van der Waals surface area contributed by atoms with Gasteiger partial charge in [0.05, 0.1) is 17.5 Å². The van der Waals surface area contributed by atoms with Crippen LogP contribution in [-0.2, 0) is 17.1 Å². The first kappa shape index (κ1) is 18.8. The molecule has 26 heavy (non-hydrogen) atoms. The van der Waals surface area contributed by atoms with Crippen molar-refractivity contribution in [2.24, 2.45) is 0 Å². The van der Waals surface area contributed by atoms with E-state index in [4.69, 9.17) is 0 Å². The van der Waals surface area contributed by atoms with Crippen LogP contribution in [0.5, 0.6) is 0 Å². The van der Waals surface area contributed by atoms with Gasteiger partial charge < -0.3 is 4.90 Å². The highest BCUT2D eigenvalue weighted by Crippen LogP contribution is 2.14. The highest BCUT2D eigenvalue weighted by atomic mass is 32.2. The smallest absolute Gasteiger partial charge is 0.232 e. The zero-order chi connectivity index (χ0) is 18.4. The van der Waals surface area contributed by atoms with Crippen LogP contribution >= 0.6 is 11.8 Å². The fourth-order valence-electron chi connectivity index (χ4n) is 3.03. The zero-order valence-corrected chi connectivity index (χ0v) is 16.2. The molecule has 2 aromatic rings. The third kappa shape index (κ3) is 5.04. The number of aromatic nitrogens is 4. The second kappa shape index (κ2) is 9.14. The van der Waals surface area contributed by atoms with Gasteiger partial charge in [-0.05, 0) is 29.8 Å². The Labute approximate surface area is 158 Å². The van der Waals surface area contributed by atoms with E-state index in [0.29, 0.717) is 11.5 Å². The van der Waals surface area contributed by atoms with Crippen molar-refractivity contribution in [2.45, 2.75) is 32.2 Å². The molecule has 1 aromatic heterocycles. The number of carbonyl (C=O) groups excluding carboxylic acids is 1. The number of nitrogens with zero attached hydrogens (tertiary/aromatic N) is 6. The summed E-state index contributed by atoms with van der Waals surface area (Å²) >= 11 is 1.58. The fraction of sp³-hybridized carbons (Fsp3) is 0.556. The normalized spacial score (nSPS) is 15.6. The van der Waals surface area contributed by atoms with Gasteiger partial charge in [0.15, 0.2) is 5.82 Å². The molecule has 1 aliphatic heterocycles. The molecular weight excluding hydrogens is 348 g/mol. The Hall–Kier alpha value is -1.93. The second-order valence-corrected chi connectivity index (χ2v) is 7.75. The topological polar surface area (TPSA) is 67.2 Å². The zero-order valence-electron chi connectivity index (χ0n) is 15.4. The maximum absolute atomic E-state index is 12.4. The van der Waals surface area contributed by atoms with Gasteiger partial charge in [0.1, 0.15) is 0 Å². The number of benzene rings is 1. The van der Waals surface area contributed by atoms with Crippen LogP contribution in [0.2, 0.25) is 0 Å². The molecule has 0 radical (unpaired) electrons. The van der Waals surface area contributed by atoms with Crippen molar-refractivity contribution in [3.05, 3.63) is 41.7 Å². The number of tetrazole rings is 1. The summed E-state index contributed by atoms with van der Waals surface area (Å²) in [4.78, 5) is 16.8. The van der Waals surface area contributed by atoms with E-state index >= 15 is 0 Å². The molecule has 0 spiro atoms. The van der Waals surface area contributed by atoms with Gasteiger partial charge in [0.2, 0.25) is 5.91 Å². The van der Waals surface area contributed by atoms with E-state index in [9.17, 15) is 4.79 Å². The predicted octanol–water partition coefficient (Wildman–Crippen LogP) is 1.83. The molecule has 2 heterocycles. The maximum Gasteiger partial charge on any atom is 0.232 e. The van der Waals surface area contributed by atoms with Gasteiger partial charge in [0, 0.05) is 32.7 Å². The Kier molecular flexibility index (Phi) is 6.62. The van der Waals surface area contributed by atoms with Crippen LogP contribution in [-0.4, -0.2) is 67.8 Å². The van der Waals surface area contributed by atoms with E-state index in [0.717, 1.165) is 38.5 Å². The van der Waals surface area contributed by atoms with Gasteiger partial charge in [-0.25, -0.2) is 4.68 Å². The van der Waals surface area contributed by atoms with Crippen LogP contribution in [0.3, 0.4) is 0 Å². The molecule has 1 amide bonds. The van der Waals surface area contributed by atoms with Crippen LogP contribution in [0, 0.1) is 0 Å². The minimum atomic E-state index is 0.206. The number of rotatable bonds is 7. The summed E-state index contributed by atoms with van der Waals surface area (Å²) in [7, 11) is 0. The molecule has 1 fully saturated rings. The highest BCUT2D eigenvalue weighted by molar-refractivity contribution is 7.99. The molecule has 1 aromatic carbocycles. The summed E-state index contributed by atoms with van der Waals surface area (Å²) < 4.78 is 1.81. The monoisotopic (exact) mass is 374 g/mol. The fourth-order valence-corrected chi connectivity index (χ4v) is 3.86. The lowest BCUT2D eigenvalue weighted by Gasteiger charge is -2.34. The minimum Gasteiger partial charge on any atom is -0.339 e. The molecule has 1 saturated heterocycles. The number of carbonyl (C=O) groups is 1. The molecule has 3 rings (SSSR count). The summed E-state index contributed by atoms with van der Waals surface area (Å²) in [6.45, 7) is 8.50. The van der Waals surface area contributed by atoms with Crippen molar-refractivity contribution in [1.82, 2.24) is 30.0 Å². The Balaban J connectivity index is 1.39. The van der Waals surface area contributed by atoms with Crippen LogP contribution < -0.4 is 0 Å². The van der Waals surface area contributed by atoms with E-state index in [1.54, 1.807) is 16.4 Å². The van der Waals surface area contributed by atoms with Crippen molar-refractivity contribution in [3.8, 4) is 0 Å². The maximum atomic E-state index is 12.4. The van der Waals surface area contributed by atoms with E-state index in [1.807, 2.05) is 24.8 Å². The lowest BCUT2D eigenvalue weighted by atomic mass is 10.2. The van der Waals surface area contributed by atoms with Crippen molar-refractivity contribution >= 4 is 17.7 Å². The van der Waals surface area contributed by atoms with Gasteiger partial charge in [-0.15, -0.1) is 16.9 Å². The van der Waals surface area contributed by atoms with Crippen LogP contribution in [0.1, 0.15) is 31.3 Å². The third-order valence-electron chi connectivity index (χ3n) is 4.48. The first-order valence-electron chi connectivity index (χ1n) is 9.02. The van der Waals surface area contributed by atoms with Crippen molar-refractivity contribution < 1.29 is 4.79 Å². The van der Waals surface area contributed by atoms with Crippen LogP contribution in [0.25, 0.3) is 0 Å². The van der Waals surface area contributed by atoms with E-state index in [2.05, 4.69) is 44.7 Å². The first-order valence-corrected chi connectivity index (χ1v) is 10.2. The number of hydrogen-bond acceptors (Lipinski definition) is 6. The Morgan fingerprint density at radius 1 is 1.15 bits per heavy atom. The van der Waals surface area contributed by atoms with Crippen LogP contribution in [0.4, 0.5) is 0 Å². The first-order chi connectivity index (χ1) is 12.6. The van der Waals surface area contributed by atoms with Crippen LogP contribution in [0.15, 0.2) is 30.3 Å². The molecule has 0 atom stereocenters. The number of thioether (sulfide) groups is 1. The van der Waals surface area contributed by atoms with Gasteiger partial charge in [-0.3, -0.25) is 9.69 Å². The molecule has 1 aliphatic rings. The highest BCUT2D eigenvalue weighted by Gasteiger charge is 2.21. The quantitative estimate of drug-likeness (QED) is 0.737. The van der Waals surface area contributed by atoms with E-state index < -0.39 is 0 Å². The molecule has 140 valence electrons. The molecular formula is C18H26N6OS. The summed E-state index contributed by atoms with van der Waals surface area (Å²) in [5.41, 5.74) is 1.32. The molecule has 0 unspecified atom stereocenters. The Morgan fingerprint density at radius 3 is 2.58 bits per heavy atom. The minimum absolute atomic E-state index is 0.206. The van der Waals surface area contributed by atoms with Crippen molar-refractivity contribution in [2.75, 3.05) is 31.9 Å². The van der Waals surface area contributed by atoms with Gasteiger partial charge >= 0.3 is 0 Å². The van der Waals surface area contributed by atoms with Crippen molar-refractivity contribution in [1.29, 1.82) is 0 Å². The van der Waals surface area contributed by atoms with Crippen molar-refractivity contribution in [3.63, 3.8) is 0 Å². The summed E-state index contributed by atoms with van der Waals surface area (Å²) in [6, 6.07) is 10.7. The lowest BCUT2D eigenvalue weighted by Crippen LogP contribution is -2.48. The largest absolute Gasteiger partial charge is 0.339 e. The average molecular weight is 375 g/mol. The molecule has 0 saturated carbocycles. The van der Waals surface area contributed by atoms with Gasteiger partial charge in [-0.2, -0.15) is 0 Å². The Bertz CT molecular complexity index is 697. The summed E-state index contributed by atoms with van der Waals surface area (Å²) in [6.07, 6.45) is 0. The third-order valence-corrected chi connectivity index (χ3v) is 5.39. The predicted molar refractivity (Wildman–Crippen MR) is 103 cm³/mol. The van der Waals surface area contributed by atoms with E-state index in [1.165, 1.54) is 5.56 Å². The second-order valence-electron chi connectivity index (χ2n) is 6.77. The lowest BCUT2D eigenvalue weighted by molar-refractivity contribution is -0.130. The van der Waals surface area contributed by atoms with E-state index in [-0.39, 0.29) is 11.9 Å². The molecule has 0 aliphatic carbocycles. The molecule has 0 N–H and O–H groups in total. The average Bonchev–Trinajstić information content (AvgIpc) is 3.12. The number of amides is 1. The molecule has 0 bridgehead atoms. The summed E-state index contributed by atoms with van der Waals surface area (Å²) in [5.74, 6) is 2.16. The molecule has 8 heteroatoms. The number of piperazine rings is 1. The SMILES string of the molecule is CC(C)n1nnnc1CSCC(=O)N1CCN(Cc2ccccc2)CC1. The number of hydrogen-bond donors (Lipinski definition) is 0. The molecule has 7 nitrogen and oxygen atoms in total. The Morgan fingerprint density at radius 2 is 1.88 bits per heavy atom. The standard InChI is InChI=1S/C18H26N6OS/c1-15(2)24-17(19-20-21-24)13-26-14-18(25)23-10-8-22(9-11-23)12-16-6-4-3-5-7-16/h3-7,15H,8-14H2,1-2H3. The van der Waals surface area contributed by atoms with Gasteiger partial charge in [-0.1, -0.05) is 30.3 Å². The summed E-state index contributed by atoms with van der Waals surface area (Å²) in [5, 5.41) is 11.8. The van der Waals surface area contributed by atoms with Gasteiger partial charge in [0.25, 0.3) is 0 Å².